The summed E-state index contributed by atoms with van der Waals surface area (Å²) in [4.78, 5) is 22.2. The molecule has 0 saturated heterocycles. The van der Waals surface area contributed by atoms with Gasteiger partial charge in [-0.1, -0.05) is 79.1 Å². The fourth-order valence-electron chi connectivity index (χ4n) is 4.07. The van der Waals surface area contributed by atoms with Gasteiger partial charge in [0.25, 0.3) is 0 Å². The first kappa shape index (κ1) is 25.9. The lowest BCUT2D eigenvalue weighted by Crippen LogP contribution is -2.26. The van der Waals surface area contributed by atoms with Gasteiger partial charge in [0.05, 0.1) is 5.92 Å². The van der Waals surface area contributed by atoms with Crippen molar-refractivity contribution < 1.29 is 19.8 Å². The number of rotatable bonds is 18. The Morgan fingerprint density at radius 1 is 0.667 bits per heavy atom. The molecule has 0 amide bonds. The molecule has 0 saturated carbocycles. The Hall–Kier alpha value is -1.06. The maximum Gasteiger partial charge on any atom is 0.306 e. The third-order valence-corrected chi connectivity index (χ3v) is 5.34. The van der Waals surface area contributed by atoms with Crippen LogP contribution in [0.1, 0.15) is 111 Å². The highest BCUT2D eigenvalue weighted by atomic mass is 16.4. The van der Waals surface area contributed by atoms with Crippen LogP contribution in [0, 0.1) is 23.7 Å². The third kappa shape index (κ3) is 15.7. The molecule has 1 atom stereocenters. The Labute approximate surface area is 167 Å². The molecule has 2 N–H and O–H groups in total. The summed E-state index contributed by atoms with van der Waals surface area (Å²) >= 11 is 0. The Kier molecular flexibility index (Phi) is 15.3. The fourth-order valence-corrected chi connectivity index (χ4v) is 4.07. The Balaban J connectivity index is 3.95. The Morgan fingerprint density at radius 2 is 1.07 bits per heavy atom. The summed E-state index contributed by atoms with van der Waals surface area (Å²) < 4.78 is 0. The van der Waals surface area contributed by atoms with Crippen molar-refractivity contribution in [3.8, 4) is 0 Å². The zero-order valence-corrected chi connectivity index (χ0v) is 18.2. The van der Waals surface area contributed by atoms with Gasteiger partial charge in [0, 0.05) is 6.42 Å². The minimum Gasteiger partial charge on any atom is -0.481 e. The molecule has 4 nitrogen and oxygen atoms in total. The summed E-state index contributed by atoms with van der Waals surface area (Å²) in [6.45, 7) is 8.75. The average molecular weight is 385 g/mol. The van der Waals surface area contributed by atoms with Gasteiger partial charge in [0.2, 0.25) is 0 Å². The number of carboxylic acids is 2. The monoisotopic (exact) mass is 384 g/mol. The first-order valence-corrected chi connectivity index (χ1v) is 11.2. The van der Waals surface area contributed by atoms with Crippen molar-refractivity contribution in [3.05, 3.63) is 0 Å². The molecule has 0 aromatic heterocycles. The molecule has 0 bridgehead atoms. The van der Waals surface area contributed by atoms with E-state index in [9.17, 15) is 14.7 Å². The molecule has 0 aromatic carbocycles. The van der Waals surface area contributed by atoms with Gasteiger partial charge < -0.3 is 10.2 Å². The molecule has 4 heteroatoms. The van der Waals surface area contributed by atoms with Crippen LogP contribution < -0.4 is 0 Å². The van der Waals surface area contributed by atoms with Crippen LogP contribution in [-0.2, 0) is 9.59 Å². The van der Waals surface area contributed by atoms with Crippen LogP contribution in [0.15, 0.2) is 0 Å². The molecular weight excluding hydrogens is 340 g/mol. The van der Waals surface area contributed by atoms with E-state index in [1.165, 1.54) is 25.7 Å². The number of hydrogen-bond acceptors (Lipinski definition) is 2. The van der Waals surface area contributed by atoms with Crippen LogP contribution in [0.2, 0.25) is 0 Å². The van der Waals surface area contributed by atoms with E-state index < -0.39 is 11.9 Å². The van der Waals surface area contributed by atoms with Crippen molar-refractivity contribution in [2.45, 2.75) is 111 Å². The largest absolute Gasteiger partial charge is 0.481 e. The van der Waals surface area contributed by atoms with Crippen molar-refractivity contribution in [1.82, 2.24) is 0 Å². The van der Waals surface area contributed by atoms with Crippen molar-refractivity contribution in [2.75, 3.05) is 0 Å². The summed E-state index contributed by atoms with van der Waals surface area (Å²) in [5.74, 6) is -0.101. The van der Waals surface area contributed by atoms with Gasteiger partial charge in [-0.25, -0.2) is 0 Å². The molecule has 0 aliphatic rings. The van der Waals surface area contributed by atoms with Crippen LogP contribution in [0.3, 0.4) is 0 Å². The third-order valence-electron chi connectivity index (χ3n) is 5.34. The second-order valence-corrected chi connectivity index (χ2v) is 9.08. The van der Waals surface area contributed by atoms with Gasteiger partial charge in [-0.3, -0.25) is 9.59 Å². The Morgan fingerprint density at radius 3 is 1.44 bits per heavy atom. The lowest BCUT2D eigenvalue weighted by molar-refractivity contribution is -0.144. The van der Waals surface area contributed by atoms with E-state index >= 15 is 0 Å². The average Bonchev–Trinajstić information content (AvgIpc) is 2.53. The minimum atomic E-state index is -0.696. The summed E-state index contributed by atoms with van der Waals surface area (Å²) in [5, 5.41) is 18.3. The summed E-state index contributed by atoms with van der Waals surface area (Å²) in [6, 6.07) is 0. The summed E-state index contributed by atoms with van der Waals surface area (Å²) in [5.41, 5.74) is 0. The predicted molar refractivity (Wildman–Crippen MR) is 112 cm³/mol. The number of unbranched alkanes of at least 4 members (excludes halogenated alkanes) is 8. The fraction of sp³-hybridized carbons (Fsp3) is 0.913. The highest BCUT2D eigenvalue weighted by Gasteiger charge is 2.28. The zero-order valence-electron chi connectivity index (χ0n) is 18.2. The maximum absolute atomic E-state index is 11.8. The van der Waals surface area contributed by atoms with E-state index in [2.05, 4.69) is 27.7 Å². The van der Waals surface area contributed by atoms with Crippen LogP contribution in [0.5, 0.6) is 0 Å². The van der Waals surface area contributed by atoms with Crippen LogP contribution >= 0.6 is 0 Å². The van der Waals surface area contributed by atoms with Crippen LogP contribution in [0.4, 0.5) is 0 Å². The molecule has 0 fully saturated rings. The molecule has 1 unspecified atom stereocenters. The first-order valence-electron chi connectivity index (χ1n) is 11.2. The molecule has 0 aliphatic carbocycles. The standard InChI is InChI=1S/C23H44O4/c1-18(2)16-20(17-19(3)4)21(23(26)27)14-12-10-8-6-5-7-9-11-13-15-22(24)25/h18-21H,5-17H2,1-4H3,(H,24,25)(H,26,27). The van der Waals surface area contributed by atoms with E-state index in [0.29, 0.717) is 24.2 Å². The van der Waals surface area contributed by atoms with E-state index in [1.54, 1.807) is 0 Å². The van der Waals surface area contributed by atoms with Gasteiger partial charge in [0.15, 0.2) is 0 Å². The van der Waals surface area contributed by atoms with Crippen molar-refractivity contribution >= 4 is 11.9 Å². The molecule has 27 heavy (non-hydrogen) atoms. The zero-order chi connectivity index (χ0) is 20.7. The molecule has 0 aliphatic heterocycles. The summed E-state index contributed by atoms with van der Waals surface area (Å²) in [7, 11) is 0. The quantitative estimate of drug-likeness (QED) is 0.256. The topological polar surface area (TPSA) is 74.6 Å². The Bertz CT molecular complexity index is 380. The molecule has 0 rings (SSSR count). The molecule has 0 aromatic rings. The van der Waals surface area contributed by atoms with E-state index in [4.69, 9.17) is 5.11 Å². The molecule has 160 valence electrons. The minimum absolute atomic E-state index is 0.191. The van der Waals surface area contributed by atoms with E-state index in [-0.39, 0.29) is 5.92 Å². The van der Waals surface area contributed by atoms with Gasteiger partial charge in [-0.05, 0) is 43.4 Å². The lowest BCUT2D eigenvalue weighted by atomic mass is 9.78. The highest BCUT2D eigenvalue weighted by molar-refractivity contribution is 5.70. The van der Waals surface area contributed by atoms with Crippen molar-refractivity contribution in [2.24, 2.45) is 23.7 Å². The molecule has 0 heterocycles. The van der Waals surface area contributed by atoms with Crippen LogP contribution in [-0.4, -0.2) is 22.2 Å². The lowest BCUT2D eigenvalue weighted by Gasteiger charge is -2.27. The van der Waals surface area contributed by atoms with E-state index in [1.807, 2.05) is 0 Å². The van der Waals surface area contributed by atoms with Gasteiger partial charge in [0.1, 0.15) is 0 Å². The molecule has 0 radical (unpaired) electrons. The summed E-state index contributed by atoms with van der Waals surface area (Å²) in [6.07, 6.45) is 13.0. The number of hydrogen-bond donors (Lipinski definition) is 2. The van der Waals surface area contributed by atoms with Gasteiger partial charge in [-0.15, -0.1) is 0 Å². The van der Waals surface area contributed by atoms with Crippen LogP contribution in [0.25, 0.3) is 0 Å². The normalized spacial score (nSPS) is 12.9. The number of aliphatic carboxylic acids is 2. The number of carbonyl (C=O) groups is 2. The first-order chi connectivity index (χ1) is 12.7. The predicted octanol–water partition coefficient (Wildman–Crippen LogP) is 6.77. The second kappa shape index (κ2) is 15.9. The highest BCUT2D eigenvalue weighted by Crippen LogP contribution is 2.31. The SMILES string of the molecule is CC(C)CC(CC(C)C)C(CCCCCCCCCCCC(=O)O)C(=O)O. The maximum atomic E-state index is 11.8. The van der Waals surface area contributed by atoms with Gasteiger partial charge >= 0.3 is 11.9 Å². The van der Waals surface area contributed by atoms with Crippen molar-refractivity contribution in [1.29, 1.82) is 0 Å². The molecule has 0 spiro atoms. The number of carboxylic acid groups (broad SMARTS) is 2. The second-order valence-electron chi connectivity index (χ2n) is 9.08. The van der Waals surface area contributed by atoms with E-state index in [0.717, 1.165) is 51.4 Å². The van der Waals surface area contributed by atoms with Crippen molar-refractivity contribution in [3.63, 3.8) is 0 Å². The van der Waals surface area contributed by atoms with Gasteiger partial charge in [-0.2, -0.15) is 0 Å². The molecular formula is C23H44O4. The smallest absolute Gasteiger partial charge is 0.306 e.